The van der Waals surface area contributed by atoms with Gasteiger partial charge in [0, 0.05) is 11.4 Å². The number of thiophene rings is 1. The molecule has 0 atom stereocenters. The zero-order valence-corrected chi connectivity index (χ0v) is 11.9. The summed E-state index contributed by atoms with van der Waals surface area (Å²) >= 11 is 7.65. The molecule has 0 aromatic carbocycles. The Morgan fingerprint density at radius 1 is 1.41 bits per heavy atom. The van der Waals surface area contributed by atoms with E-state index in [1.807, 2.05) is 13.1 Å². The van der Waals surface area contributed by atoms with Crippen molar-refractivity contribution in [3.63, 3.8) is 0 Å². The fourth-order valence-electron chi connectivity index (χ4n) is 2.58. The van der Waals surface area contributed by atoms with Crippen LogP contribution in [0.2, 0.25) is 4.34 Å². The van der Waals surface area contributed by atoms with Gasteiger partial charge in [-0.05, 0) is 44.0 Å². The number of halogens is 1. The molecule has 0 bridgehead atoms. The Balaban J connectivity index is 2.12. The fourth-order valence-corrected chi connectivity index (χ4v) is 3.62. The van der Waals surface area contributed by atoms with Crippen LogP contribution in [-0.4, -0.2) is 13.6 Å². The zero-order valence-electron chi connectivity index (χ0n) is 10.3. The van der Waals surface area contributed by atoms with Crippen LogP contribution in [0.25, 0.3) is 6.08 Å². The molecule has 1 fully saturated rings. The Kier molecular flexibility index (Phi) is 5.08. The molecule has 1 aliphatic carbocycles. The van der Waals surface area contributed by atoms with Crippen LogP contribution in [0.5, 0.6) is 0 Å². The van der Waals surface area contributed by atoms with Gasteiger partial charge in [0.1, 0.15) is 0 Å². The summed E-state index contributed by atoms with van der Waals surface area (Å²) in [6.07, 6.45) is 9.23. The highest BCUT2D eigenvalue weighted by atomic mass is 35.5. The smallest absolute Gasteiger partial charge is 0.0934 e. The van der Waals surface area contributed by atoms with Gasteiger partial charge in [-0.25, -0.2) is 0 Å². The van der Waals surface area contributed by atoms with Crippen molar-refractivity contribution in [2.24, 2.45) is 5.92 Å². The van der Waals surface area contributed by atoms with Gasteiger partial charge in [0.2, 0.25) is 0 Å². The van der Waals surface area contributed by atoms with Gasteiger partial charge in [0.25, 0.3) is 0 Å². The molecule has 94 valence electrons. The molecule has 1 N–H and O–H groups in total. The molecular formula is C14H20ClNS. The molecule has 1 heterocycles. The number of nitrogens with one attached hydrogen (secondary N) is 1. The van der Waals surface area contributed by atoms with Gasteiger partial charge < -0.3 is 5.32 Å². The monoisotopic (exact) mass is 269 g/mol. The number of likely N-dealkylation sites (N-methyl/N-ethyl adjacent to an activating group) is 1. The van der Waals surface area contributed by atoms with Crippen molar-refractivity contribution in [1.82, 2.24) is 5.32 Å². The average Bonchev–Trinajstić information content (AvgIpc) is 2.75. The molecule has 0 saturated heterocycles. The van der Waals surface area contributed by atoms with Gasteiger partial charge in [-0.2, -0.15) is 0 Å². The molecule has 0 spiro atoms. The molecule has 3 heteroatoms. The van der Waals surface area contributed by atoms with Crippen molar-refractivity contribution in [2.45, 2.75) is 32.1 Å². The summed E-state index contributed by atoms with van der Waals surface area (Å²) < 4.78 is 0.878. The van der Waals surface area contributed by atoms with E-state index >= 15 is 0 Å². The van der Waals surface area contributed by atoms with Crippen LogP contribution in [0.3, 0.4) is 0 Å². The normalized spacial score (nSPS) is 18.6. The van der Waals surface area contributed by atoms with Gasteiger partial charge in [-0.3, -0.25) is 0 Å². The standard InChI is InChI=1S/C14H20ClNS/c1-16-10-12(11-5-3-2-4-6-11)9-13-7-8-14(15)17-13/h7-9,11,16H,2-6,10H2,1H3. The topological polar surface area (TPSA) is 12.0 Å². The molecule has 0 unspecified atom stereocenters. The minimum Gasteiger partial charge on any atom is -0.316 e. The first-order chi connectivity index (χ1) is 8.29. The first kappa shape index (κ1) is 13.1. The van der Waals surface area contributed by atoms with E-state index in [9.17, 15) is 0 Å². The van der Waals surface area contributed by atoms with E-state index < -0.39 is 0 Å². The van der Waals surface area contributed by atoms with Gasteiger partial charge in [0.05, 0.1) is 4.34 Å². The van der Waals surface area contributed by atoms with E-state index in [0.717, 1.165) is 16.8 Å². The molecule has 17 heavy (non-hydrogen) atoms. The lowest BCUT2D eigenvalue weighted by atomic mass is 9.83. The molecular weight excluding hydrogens is 250 g/mol. The Morgan fingerprint density at radius 3 is 2.76 bits per heavy atom. The van der Waals surface area contributed by atoms with E-state index in [1.54, 1.807) is 16.9 Å². The minimum absolute atomic E-state index is 0.775. The fraction of sp³-hybridized carbons (Fsp3) is 0.571. The van der Waals surface area contributed by atoms with Gasteiger partial charge in [-0.15, -0.1) is 11.3 Å². The second kappa shape index (κ2) is 6.58. The maximum absolute atomic E-state index is 5.98. The summed E-state index contributed by atoms with van der Waals surface area (Å²) in [6.45, 7) is 1.00. The van der Waals surface area contributed by atoms with Gasteiger partial charge >= 0.3 is 0 Å². The number of rotatable bonds is 4. The molecule has 1 aromatic rings. The zero-order chi connectivity index (χ0) is 12.1. The summed E-state index contributed by atoms with van der Waals surface area (Å²) in [5, 5.41) is 3.30. The second-order valence-corrected chi connectivity index (χ2v) is 6.47. The molecule has 1 nitrogen and oxygen atoms in total. The maximum atomic E-state index is 5.98. The summed E-state index contributed by atoms with van der Waals surface area (Å²) in [4.78, 5) is 1.28. The van der Waals surface area contributed by atoms with Crippen LogP contribution < -0.4 is 5.32 Å². The Labute approximate surface area is 113 Å². The first-order valence-electron chi connectivity index (χ1n) is 6.40. The van der Waals surface area contributed by atoms with E-state index in [4.69, 9.17) is 11.6 Å². The van der Waals surface area contributed by atoms with Crippen molar-refractivity contribution < 1.29 is 0 Å². The predicted octanol–water partition coefficient (Wildman–Crippen LogP) is 4.58. The van der Waals surface area contributed by atoms with Crippen molar-refractivity contribution in [3.8, 4) is 0 Å². The Bertz CT molecular complexity index is 377. The molecule has 2 rings (SSSR count). The van der Waals surface area contributed by atoms with Crippen LogP contribution in [0.1, 0.15) is 37.0 Å². The third-order valence-electron chi connectivity index (χ3n) is 3.43. The third kappa shape index (κ3) is 3.84. The maximum Gasteiger partial charge on any atom is 0.0934 e. The SMILES string of the molecule is CNCC(=Cc1ccc(Cl)s1)C1CCCCC1. The highest BCUT2D eigenvalue weighted by Gasteiger charge is 2.17. The van der Waals surface area contributed by atoms with Gasteiger partial charge in [-0.1, -0.05) is 36.4 Å². The van der Waals surface area contributed by atoms with E-state index in [0.29, 0.717) is 0 Å². The van der Waals surface area contributed by atoms with Crippen LogP contribution in [0, 0.1) is 5.92 Å². The van der Waals surface area contributed by atoms with E-state index in [2.05, 4.69) is 17.5 Å². The quantitative estimate of drug-likeness (QED) is 0.843. The van der Waals surface area contributed by atoms with Gasteiger partial charge in [0.15, 0.2) is 0 Å². The lowest BCUT2D eigenvalue weighted by Crippen LogP contribution is -2.18. The summed E-state index contributed by atoms with van der Waals surface area (Å²) in [5.41, 5.74) is 1.55. The van der Waals surface area contributed by atoms with Crippen molar-refractivity contribution in [2.75, 3.05) is 13.6 Å². The minimum atomic E-state index is 0.775. The molecule has 1 aromatic heterocycles. The highest BCUT2D eigenvalue weighted by Crippen LogP contribution is 2.32. The van der Waals surface area contributed by atoms with Crippen molar-refractivity contribution in [1.29, 1.82) is 0 Å². The van der Waals surface area contributed by atoms with E-state index in [1.165, 1.54) is 37.0 Å². The lowest BCUT2D eigenvalue weighted by Gasteiger charge is -2.24. The molecule has 1 saturated carbocycles. The van der Waals surface area contributed by atoms with Crippen molar-refractivity contribution in [3.05, 3.63) is 26.9 Å². The lowest BCUT2D eigenvalue weighted by molar-refractivity contribution is 0.398. The molecule has 1 aliphatic rings. The first-order valence-corrected chi connectivity index (χ1v) is 7.59. The van der Waals surface area contributed by atoms with E-state index in [-0.39, 0.29) is 0 Å². The molecule has 0 radical (unpaired) electrons. The molecule has 0 aliphatic heterocycles. The Hall–Kier alpha value is -0.310. The van der Waals surface area contributed by atoms with Crippen molar-refractivity contribution >= 4 is 29.0 Å². The number of hydrogen-bond donors (Lipinski definition) is 1. The number of hydrogen-bond acceptors (Lipinski definition) is 2. The molecule has 0 amide bonds. The second-order valence-electron chi connectivity index (χ2n) is 4.73. The van der Waals surface area contributed by atoms with Crippen LogP contribution in [0.4, 0.5) is 0 Å². The average molecular weight is 270 g/mol. The third-order valence-corrected chi connectivity index (χ3v) is 4.61. The predicted molar refractivity (Wildman–Crippen MR) is 77.8 cm³/mol. The highest BCUT2D eigenvalue weighted by molar-refractivity contribution is 7.17. The Morgan fingerprint density at radius 2 is 2.18 bits per heavy atom. The van der Waals surface area contributed by atoms with Crippen LogP contribution >= 0.6 is 22.9 Å². The largest absolute Gasteiger partial charge is 0.316 e. The summed E-state index contributed by atoms with van der Waals surface area (Å²) in [7, 11) is 2.03. The summed E-state index contributed by atoms with van der Waals surface area (Å²) in [6, 6.07) is 4.10. The van der Waals surface area contributed by atoms with Crippen LogP contribution in [-0.2, 0) is 0 Å². The van der Waals surface area contributed by atoms with Crippen LogP contribution in [0.15, 0.2) is 17.7 Å². The summed E-state index contributed by atoms with van der Waals surface area (Å²) in [5.74, 6) is 0.775.